The highest BCUT2D eigenvalue weighted by Crippen LogP contribution is 2.16. The number of hydrogen-bond acceptors (Lipinski definition) is 4. The van der Waals surface area contributed by atoms with Crippen molar-refractivity contribution in [3.63, 3.8) is 0 Å². The van der Waals surface area contributed by atoms with Crippen molar-refractivity contribution in [3.8, 4) is 11.8 Å². The molecule has 0 fully saturated rings. The Morgan fingerprint density at radius 1 is 1.33 bits per heavy atom. The number of amides is 1. The summed E-state index contributed by atoms with van der Waals surface area (Å²) in [6.45, 7) is 4.04. The van der Waals surface area contributed by atoms with E-state index in [1.165, 1.54) is 11.3 Å². The highest BCUT2D eigenvalue weighted by molar-refractivity contribution is 7.13. The minimum Gasteiger partial charge on any atom is -0.384 e. The third-order valence-corrected chi connectivity index (χ3v) is 3.90. The summed E-state index contributed by atoms with van der Waals surface area (Å²) in [5.41, 5.74) is 2.61. The van der Waals surface area contributed by atoms with E-state index in [1.54, 1.807) is 0 Å². The van der Waals surface area contributed by atoms with Gasteiger partial charge in [-0.2, -0.15) is 0 Å². The zero-order valence-corrected chi connectivity index (χ0v) is 12.8. The first-order valence-electron chi connectivity index (χ1n) is 6.51. The van der Waals surface area contributed by atoms with Gasteiger partial charge >= 0.3 is 0 Å². The lowest BCUT2D eigenvalue weighted by Crippen LogP contribution is -2.22. The largest absolute Gasteiger partial charge is 0.384 e. The van der Waals surface area contributed by atoms with Crippen LogP contribution in [0.3, 0.4) is 0 Å². The number of thiazole rings is 1. The van der Waals surface area contributed by atoms with Crippen LogP contribution in [-0.4, -0.2) is 22.6 Å². The lowest BCUT2D eigenvalue weighted by atomic mass is 10.1. The molecule has 0 aliphatic rings. The SMILES string of the molecule is Cc1nc(C)c(C(=O)NCc2ccc(C#CCO)cc2)s1. The van der Waals surface area contributed by atoms with E-state index >= 15 is 0 Å². The summed E-state index contributed by atoms with van der Waals surface area (Å²) in [5, 5.41) is 12.4. The zero-order valence-electron chi connectivity index (χ0n) is 11.9. The van der Waals surface area contributed by atoms with Gasteiger partial charge in [-0.25, -0.2) is 4.98 Å². The molecule has 0 unspecified atom stereocenters. The van der Waals surface area contributed by atoms with Gasteiger partial charge in [0.25, 0.3) is 5.91 Å². The lowest BCUT2D eigenvalue weighted by Gasteiger charge is -2.04. The van der Waals surface area contributed by atoms with Crippen molar-refractivity contribution in [1.82, 2.24) is 10.3 Å². The van der Waals surface area contributed by atoms with Crippen LogP contribution in [0, 0.1) is 25.7 Å². The summed E-state index contributed by atoms with van der Waals surface area (Å²) in [6.07, 6.45) is 0. The molecule has 1 amide bonds. The van der Waals surface area contributed by atoms with E-state index in [-0.39, 0.29) is 12.5 Å². The molecule has 0 spiro atoms. The first kappa shape index (κ1) is 15.2. The molecular formula is C16H16N2O2S. The third kappa shape index (κ3) is 4.15. The second kappa shape index (κ2) is 7.02. The summed E-state index contributed by atoms with van der Waals surface area (Å²) in [6, 6.07) is 7.55. The van der Waals surface area contributed by atoms with Gasteiger partial charge in [0, 0.05) is 12.1 Å². The highest BCUT2D eigenvalue weighted by Gasteiger charge is 2.13. The van der Waals surface area contributed by atoms with Crippen molar-refractivity contribution in [2.45, 2.75) is 20.4 Å². The minimum atomic E-state index is -0.147. The van der Waals surface area contributed by atoms with Gasteiger partial charge in [-0.15, -0.1) is 11.3 Å². The number of hydrogen-bond donors (Lipinski definition) is 2. The fourth-order valence-electron chi connectivity index (χ4n) is 1.85. The van der Waals surface area contributed by atoms with Gasteiger partial charge in [0.1, 0.15) is 11.5 Å². The van der Waals surface area contributed by atoms with Crippen LogP contribution in [0.15, 0.2) is 24.3 Å². The normalized spacial score (nSPS) is 9.86. The third-order valence-electron chi connectivity index (χ3n) is 2.83. The minimum absolute atomic E-state index is 0.0951. The Morgan fingerprint density at radius 3 is 2.62 bits per heavy atom. The van der Waals surface area contributed by atoms with Crippen molar-refractivity contribution in [2.24, 2.45) is 0 Å². The molecule has 0 aliphatic carbocycles. The van der Waals surface area contributed by atoms with Gasteiger partial charge in [-0.3, -0.25) is 4.79 Å². The second-order valence-electron chi connectivity index (χ2n) is 4.49. The van der Waals surface area contributed by atoms with E-state index in [9.17, 15) is 4.79 Å². The van der Waals surface area contributed by atoms with Crippen molar-refractivity contribution >= 4 is 17.2 Å². The molecule has 0 saturated carbocycles. The van der Waals surface area contributed by atoms with Crippen LogP contribution in [0.1, 0.15) is 31.5 Å². The molecule has 2 aromatic rings. The van der Waals surface area contributed by atoms with Crippen LogP contribution in [0.5, 0.6) is 0 Å². The number of aliphatic hydroxyl groups excluding tert-OH is 1. The molecule has 5 heteroatoms. The predicted molar refractivity (Wildman–Crippen MR) is 83.2 cm³/mol. The van der Waals surface area contributed by atoms with Gasteiger partial charge in [-0.05, 0) is 31.5 Å². The van der Waals surface area contributed by atoms with Gasteiger partial charge in [-0.1, -0.05) is 24.0 Å². The van der Waals surface area contributed by atoms with Gasteiger partial charge in [0.05, 0.1) is 10.7 Å². The quantitative estimate of drug-likeness (QED) is 0.853. The second-order valence-corrected chi connectivity index (χ2v) is 5.69. The number of benzene rings is 1. The maximum absolute atomic E-state index is 12.1. The van der Waals surface area contributed by atoms with Crippen LogP contribution in [0.25, 0.3) is 0 Å². The Bertz CT molecular complexity index is 693. The molecule has 2 rings (SSSR count). The van der Waals surface area contributed by atoms with E-state index in [0.29, 0.717) is 11.4 Å². The monoisotopic (exact) mass is 300 g/mol. The Hall–Kier alpha value is -2.16. The average molecular weight is 300 g/mol. The van der Waals surface area contributed by atoms with E-state index in [0.717, 1.165) is 21.8 Å². The Kier molecular flexibility index (Phi) is 5.09. The molecule has 1 heterocycles. The number of carbonyl (C=O) groups excluding carboxylic acids is 1. The van der Waals surface area contributed by atoms with Crippen molar-refractivity contribution in [3.05, 3.63) is 51.0 Å². The molecule has 0 bridgehead atoms. The van der Waals surface area contributed by atoms with Crippen molar-refractivity contribution < 1.29 is 9.90 Å². The number of aliphatic hydroxyl groups is 1. The highest BCUT2D eigenvalue weighted by atomic mass is 32.1. The van der Waals surface area contributed by atoms with Crippen LogP contribution in [0.4, 0.5) is 0 Å². The van der Waals surface area contributed by atoms with Crippen LogP contribution >= 0.6 is 11.3 Å². The molecule has 0 radical (unpaired) electrons. The van der Waals surface area contributed by atoms with Gasteiger partial charge < -0.3 is 10.4 Å². The van der Waals surface area contributed by atoms with Crippen LogP contribution < -0.4 is 5.32 Å². The summed E-state index contributed by atoms with van der Waals surface area (Å²) in [7, 11) is 0. The number of carbonyl (C=O) groups is 1. The maximum Gasteiger partial charge on any atom is 0.263 e. The number of aryl methyl sites for hydroxylation is 2. The predicted octanol–water partition coefficient (Wildman–Crippen LogP) is 2.03. The molecule has 2 N–H and O–H groups in total. The van der Waals surface area contributed by atoms with Gasteiger partial charge in [0.15, 0.2) is 0 Å². The van der Waals surface area contributed by atoms with Crippen molar-refractivity contribution in [1.29, 1.82) is 0 Å². The van der Waals surface area contributed by atoms with Crippen LogP contribution in [-0.2, 0) is 6.54 Å². The first-order chi connectivity index (χ1) is 10.1. The molecule has 0 atom stereocenters. The maximum atomic E-state index is 12.1. The summed E-state index contributed by atoms with van der Waals surface area (Å²) in [4.78, 5) is 17.0. The molecule has 1 aromatic heterocycles. The number of aromatic nitrogens is 1. The standard InChI is InChI=1S/C16H16N2O2S/c1-11-15(21-12(2)18-11)16(20)17-10-14-7-5-13(6-8-14)4-3-9-19/h5-8,19H,9-10H2,1-2H3,(H,17,20). The van der Waals surface area contributed by atoms with E-state index in [2.05, 4.69) is 22.1 Å². The topological polar surface area (TPSA) is 62.2 Å². The molecule has 1 aromatic carbocycles. The zero-order chi connectivity index (χ0) is 15.2. The fraction of sp³-hybridized carbons (Fsp3) is 0.250. The van der Waals surface area contributed by atoms with E-state index in [1.807, 2.05) is 38.1 Å². The smallest absolute Gasteiger partial charge is 0.263 e. The van der Waals surface area contributed by atoms with Crippen molar-refractivity contribution in [2.75, 3.05) is 6.61 Å². The lowest BCUT2D eigenvalue weighted by molar-refractivity contribution is 0.0954. The Balaban J connectivity index is 1.96. The summed E-state index contributed by atoms with van der Waals surface area (Å²) >= 11 is 1.40. The molecular weight excluding hydrogens is 284 g/mol. The first-order valence-corrected chi connectivity index (χ1v) is 7.32. The molecule has 0 saturated heterocycles. The Labute approximate surface area is 127 Å². The molecule has 0 aliphatic heterocycles. The van der Waals surface area contributed by atoms with E-state index < -0.39 is 0 Å². The molecule has 108 valence electrons. The summed E-state index contributed by atoms with van der Waals surface area (Å²) in [5.74, 6) is 5.33. The number of nitrogens with one attached hydrogen (secondary N) is 1. The fourth-order valence-corrected chi connectivity index (χ4v) is 2.69. The van der Waals surface area contributed by atoms with Crippen LogP contribution in [0.2, 0.25) is 0 Å². The molecule has 21 heavy (non-hydrogen) atoms. The van der Waals surface area contributed by atoms with E-state index in [4.69, 9.17) is 5.11 Å². The number of nitrogens with zero attached hydrogens (tertiary/aromatic N) is 1. The summed E-state index contributed by atoms with van der Waals surface area (Å²) < 4.78 is 0. The molecule has 4 nitrogen and oxygen atoms in total. The Morgan fingerprint density at radius 2 is 2.05 bits per heavy atom. The van der Waals surface area contributed by atoms with Gasteiger partial charge in [0.2, 0.25) is 0 Å². The number of rotatable bonds is 3. The average Bonchev–Trinajstić information content (AvgIpc) is 2.82.